The summed E-state index contributed by atoms with van der Waals surface area (Å²) in [5.41, 5.74) is 3.02. The molecule has 0 radical (unpaired) electrons. The van der Waals surface area contributed by atoms with Gasteiger partial charge in [0.1, 0.15) is 12.1 Å². The van der Waals surface area contributed by atoms with Crippen molar-refractivity contribution < 1.29 is 4.39 Å². The predicted molar refractivity (Wildman–Crippen MR) is 73.0 cm³/mol. The maximum atomic E-state index is 13.5. The zero-order valence-electron chi connectivity index (χ0n) is 10.2. The van der Waals surface area contributed by atoms with Gasteiger partial charge in [0.05, 0.1) is 23.3 Å². The molecule has 6 heteroatoms. The number of imidazole rings is 1. The van der Waals surface area contributed by atoms with Crippen LogP contribution in [0.2, 0.25) is 0 Å². The van der Waals surface area contributed by atoms with Gasteiger partial charge in [0.15, 0.2) is 4.77 Å². The molecule has 0 unspecified atom stereocenters. The quantitative estimate of drug-likeness (QED) is 0.731. The number of aromatic amines is 1. The van der Waals surface area contributed by atoms with Crippen molar-refractivity contribution in [3.05, 3.63) is 52.6 Å². The van der Waals surface area contributed by atoms with Crippen LogP contribution in [-0.2, 0) is 6.54 Å². The standard InChI is InChI=1S/C13H11FN4S/c1-8-4-12-11(5-10(8)14)17-13(19)18(12)6-9-2-3-15-7-16-9/h2-5,7H,6H2,1H3,(H,17,19). The number of aromatic nitrogens is 4. The van der Waals surface area contributed by atoms with Crippen molar-refractivity contribution in [3.63, 3.8) is 0 Å². The Morgan fingerprint density at radius 1 is 1.42 bits per heavy atom. The molecule has 0 aliphatic heterocycles. The highest BCUT2D eigenvalue weighted by Gasteiger charge is 2.08. The summed E-state index contributed by atoms with van der Waals surface area (Å²) in [4.78, 5) is 11.1. The summed E-state index contributed by atoms with van der Waals surface area (Å²) in [5, 5.41) is 0. The minimum Gasteiger partial charge on any atom is -0.330 e. The Balaban J connectivity index is 2.16. The molecule has 0 bridgehead atoms. The van der Waals surface area contributed by atoms with Gasteiger partial charge in [-0.25, -0.2) is 14.4 Å². The minimum absolute atomic E-state index is 0.238. The summed E-state index contributed by atoms with van der Waals surface area (Å²) >= 11 is 5.28. The van der Waals surface area contributed by atoms with Crippen LogP contribution in [0.4, 0.5) is 4.39 Å². The van der Waals surface area contributed by atoms with Gasteiger partial charge in [-0.15, -0.1) is 0 Å². The van der Waals surface area contributed by atoms with E-state index in [1.807, 2.05) is 10.6 Å². The number of fused-ring (bicyclic) bond motifs is 1. The first kappa shape index (κ1) is 12.0. The lowest BCUT2D eigenvalue weighted by molar-refractivity contribution is 0.620. The second-order valence-corrected chi connectivity index (χ2v) is 4.72. The predicted octanol–water partition coefficient (Wildman–Crippen LogP) is 2.98. The number of H-pyrrole nitrogens is 1. The normalized spacial score (nSPS) is 11.1. The number of rotatable bonds is 2. The second-order valence-electron chi connectivity index (χ2n) is 4.34. The van der Waals surface area contributed by atoms with Gasteiger partial charge in [0.2, 0.25) is 0 Å². The summed E-state index contributed by atoms with van der Waals surface area (Å²) < 4.78 is 16.0. The molecule has 4 nitrogen and oxygen atoms in total. The summed E-state index contributed by atoms with van der Waals surface area (Å²) in [6.45, 7) is 2.27. The van der Waals surface area contributed by atoms with E-state index in [2.05, 4.69) is 15.0 Å². The van der Waals surface area contributed by atoms with Gasteiger partial charge in [0, 0.05) is 6.20 Å². The number of halogens is 1. The molecule has 0 amide bonds. The minimum atomic E-state index is -0.238. The number of benzene rings is 1. The van der Waals surface area contributed by atoms with Crippen molar-refractivity contribution in [2.45, 2.75) is 13.5 Å². The molecule has 0 saturated heterocycles. The van der Waals surface area contributed by atoms with Crippen molar-refractivity contribution in [3.8, 4) is 0 Å². The van der Waals surface area contributed by atoms with Crippen LogP contribution in [0.5, 0.6) is 0 Å². The van der Waals surface area contributed by atoms with E-state index in [0.29, 0.717) is 22.4 Å². The Morgan fingerprint density at radius 3 is 3.00 bits per heavy atom. The van der Waals surface area contributed by atoms with E-state index in [9.17, 15) is 4.39 Å². The molecule has 19 heavy (non-hydrogen) atoms. The molecule has 0 fully saturated rings. The molecular formula is C13H11FN4S. The lowest BCUT2D eigenvalue weighted by Crippen LogP contribution is -2.02. The second kappa shape index (κ2) is 4.55. The van der Waals surface area contributed by atoms with E-state index in [1.54, 1.807) is 19.2 Å². The van der Waals surface area contributed by atoms with Crippen LogP contribution in [0.3, 0.4) is 0 Å². The van der Waals surface area contributed by atoms with Crippen LogP contribution in [0.25, 0.3) is 11.0 Å². The van der Waals surface area contributed by atoms with E-state index in [0.717, 1.165) is 11.2 Å². The molecule has 3 rings (SSSR count). The van der Waals surface area contributed by atoms with Crippen molar-refractivity contribution in [1.82, 2.24) is 19.5 Å². The van der Waals surface area contributed by atoms with Crippen molar-refractivity contribution in [1.29, 1.82) is 0 Å². The van der Waals surface area contributed by atoms with Crippen LogP contribution >= 0.6 is 12.2 Å². The van der Waals surface area contributed by atoms with E-state index < -0.39 is 0 Å². The highest BCUT2D eigenvalue weighted by molar-refractivity contribution is 7.71. The maximum absolute atomic E-state index is 13.5. The van der Waals surface area contributed by atoms with Crippen LogP contribution in [0.15, 0.2) is 30.7 Å². The zero-order valence-corrected chi connectivity index (χ0v) is 11.0. The van der Waals surface area contributed by atoms with E-state index in [1.165, 1.54) is 12.4 Å². The summed E-state index contributed by atoms with van der Waals surface area (Å²) in [6.07, 6.45) is 3.18. The Morgan fingerprint density at radius 2 is 2.26 bits per heavy atom. The third-order valence-electron chi connectivity index (χ3n) is 3.02. The van der Waals surface area contributed by atoms with Gasteiger partial charge in [-0.3, -0.25) is 0 Å². The average Bonchev–Trinajstić information content (AvgIpc) is 2.68. The van der Waals surface area contributed by atoms with Crippen LogP contribution < -0.4 is 0 Å². The number of hydrogen-bond acceptors (Lipinski definition) is 3. The molecule has 0 saturated carbocycles. The number of aryl methyl sites for hydroxylation is 1. The van der Waals surface area contributed by atoms with Gasteiger partial charge >= 0.3 is 0 Å². The number of nitrogens with zero attached hydrogens (tertiary/aromatic N) is 3. The first-order valence-electron chi connectivity index (χ1n) is 5.79. The monoisotopic (exact) mass is 274 g/mol. The van der Waals surface area contributed by atoms with Gasteiger partial charge in [-0.1, -0.05) is 0 Å². The molecule has 2 heterocycles. The number of nitrogens with one attached hydrogen (secondary N) is 1. The molecule has 1 aromatic carbocycles. The van der Waals surface area contributed by atoms with Gasteiger partial charge in [-0.05, 0) is 42.9 Å². The molecule has 0 atom stereocenters. The fourth-order valence-corrected chi connectivity index (χ4v) is 2.29. The Bertz CT molecular complexity index is 792. The highest BCUT2D eigenvalue weighted by Crippen LogP contribution is 2.19. The van der Waals surface area contributed by atoms with Crippen LogP contribution in [0.1, 0.15) is 11.3 Å². The summed E-state index contributed by atoms with van der Waals surface area (Å²) in [5.74, 6) is -0.238. The molecule has 0 aliphatic rings. The number of hydrogen-bond donors (Lipinski definition) is 1. The van der Waals surface area contributed by atoms with Crippen molar-refractivity contribution in [2.75, 3.05) is 0 Å². The maximum Gasteiger partial charge on any atom is 0.178 e. The van der Waals surface area contributed by atoms with Gasteiger partial charge in [0.25, 0.3) is 0 Å². The Hall–Kier alpha value is -2.08. The average molecular weight is 274 g/mol. The molecule has 0 spiro atoms. The molecule has 2 aromatic heterocycles. The van der Waals surface area contributed by atoms with Gasteiger partial charge in [-0.2, -0.15) is 0 Å². The largest absolute Gasteiger partial charge is 0.330 e. The van der Waals surface area contributed by atoms with Crippen molar-refractivity contribution in [2.24, 2.45) is 0 Å². The molecule has 1 N–H and O–H groups in total. The SMILES string of the molecule is Cc1cc2c(cc1F)[nH]c(=S)n2Cc1ccncn1. The smallest absolute Gasteiger partial charge is 0.178 e. The third kappa shape index (κ3) is 2.15. The van der Waals surface area contributed by atoms with Gasteiger partial charge < -0.3 is 9.55 Å². The fraction of sp³-hybridized carbons (Fsp3) is 0.154. The van der Waals surface area contributed by atoms with E-state index in [-0.39, 0.29) is 5.82 Å². The third-order valence-corrected chi connectivity index (χ3v) is 3.34. The first-order valence-corrected chi connectivity index (χ1v) is 6.19. The van der Waals surface area contributed by atoms with E-state index >= 15 is 0 Å². The van der Waals surface area contributed by atoms with E-state index in [4.69, 9.17) is 12.2 Å². The molecule has 3 aromatic rings. The lowest BCUT2D eigenvalue weighted by Gasteiger charge is -2.04. The van der Waals surface area contributed by atoms with Crippen LogP contribution in [0, 0.1) is 17.5 Å². The van der Waals surface area contributed by atoms with Crippen LogP contribution in [-0.4, -0.2) is 19.5 Å². The Kier molecular flexibility index (Phi) is 2.87. The lowest BCUT2D eigenvalue weighted by atomic mass is 10.2. The molecule has 0 aliphatic carbocycles. The summed E-state index contributed by atoms with van der Waals surface area (Å²) in [6, 6.07) is 5.09. The highest BCUT2D eigenvalue weighted by atomic mass is 32.1. The fourth-order valence-electron chi connectivity index (χ4n) is 2.01. The molecular weight excluding hydrogens is 263 g/mol. The topological polar surface area (TPSA) is 46.5 Å². The molecule has 96 valence electrons. The first-order chi connectivity index (χ1) is 9.15. The van der Waals surface area contributed by atoms with Crippen molar-refractivity contribution >= 4 is 23.3 Å². The Labute approximate surface area is 114 Å². The summed E-state index contributed by atoms with van der Waals surface area (Å²) in [7, 11) is 0. The zero-order chi connectivity index (χ0) is 13.4.